The highest BCUT2D eigenvalue weighted by Crippen LogP contribution is 2.23. The number of thiophene rings is 1. The van der Waals surface area contributed by atoms with Gasteiger partial charge in [-0.05, 0) is 30.0 Å². The molecule has 0 saturated carbocycles. The van der Waals surface area contributed by atoms with Crippen LogP contribution in [0.3, 0.4) is 0 Å². The highest BCUT2D eigenvalue weighted by molar-refractivity contribution is 7.17. The zero-order valence-electron chi connectivity index (χ0n) is 13.5. The first-order chi connectivity index (χ1) is 12.1. The standard InChI is InChI=1S/C18H16N4O2S/c1-12(13-5-3-2-4-6-13)20-17(23)10-22-18(24)15-9-16-14(7-8-25-16)21(15)11-19-22/h2-9,11-12H,10H2,1H3,(H,20,23). The van der Waals surface area contributed by atoms with Crippen molar-refractivity contribution in [1.29, 1.82) is 0 Å². The number of benzene rings is 1. The van der Waals surface area contributed by atoms with Gasteiger partial charge in [0.25, 0.3) is 5.56 Å². The van der Waals surface area contributed by atoms with Gasteiger partial charge in [-0.2, -0.15) is 5.10 Å². The number of carbonyl (C=O) groups is 1. The second-order valence-corrected chi connectivity index (χ2v) is 6.81. The van der Waals surface area contributed by atoms with Gasteiger partial charge in [0.2, 0.25) is 5.91 Å². The number of nitrogens with zero attached hydrogens (tertiary/aromatic N) is 3. The molecule has 1 unspecified atom stereocenters. The third kappa shape index (κ3) is 2.83. The van der Waals surface area contributed by atoms with Gasteiger partial charge in [-0.3, -0.25) is 14.0 Å². The van der Waals surface area contributed by atoms with Crippen LogP contribution < -0.4 is 10.9 Å². The summed E-state index contributed by atoms with van der Waals surface area (Å²) < 4.78 is 3.99. The van der Waals surface area contributed by atoms with E-state index >= 15 is 0 Å². The molecule has 25 heavy (non-hydrogen) atoms. The molecule has 126 valence electrons. The Bertz CT molecular complexity index is 1110. The minimum absolute atomic E-state index is 0.106. The number of rotatable bonds is 4. The van der Waals surface area contributed by atoms with Gasteiger partial charge in [0, 0.05) is 0 Å². The van der Waals surface area contributed by atoms with Crippen LogP contribution in [0.2, 0.25) is 0 Å². The molecule has 0 aliphatic carbocycles. The van der Waals surface area contributed by atoms with Crippen LogP contribution in [0.5, 0.6) is 0 Å². The minimum Gasteiger partial charge on any atom is -0.348 e. The first-order valence-corrected chi connectivity index (χ1v) is 8.80. The molecule has 1 amide bonds. The lowest BCUT2D eigenvalue weighted by molar-refractivity contribution is -0.122. The Morgan fingerprint density at radius 3 is 2.84 bits per heavy atom. The Hall–Kier alpha value is -2.93. The molecule has 0 saturated heterocycles. The van der Waals surface area contributed by atoms with Crippen molar-refractivity contribution in [2.24, 2.45) is 0 Å². The summed E-state index contributed by atoms with van der Waals surface area (Å²) in [5.74, 6) is -0.247. The van der Waals surface area contributed by atoms with Crippen LogP contribution >= 0.6 is 11.3 Å². The lowest BCUT2D eigenvalue weighted by atomic mass is 10.1. The molecular weight excluding hydrogens is 336 g/mol. The molecule has 0 aliphatic heterocycles. The summed E-state index contributed by atoms with van der Waals surface area (Å²) in [5, 5.41) is 9.01. The number of hydrogen-bond acceptors (Lipinski definition) is 4. The summed E-state index contributed by atoms with van der Waals surface area (Å²) in [6.07, 6.45) is 1.58. The van der Waals surface area contributed by atoms with E-state index in [1.807, 2.05) is 54.8 Å². The summed E-state index contributed by atoms with van der Waals surface area (Å²) in [6, 6.07) is 13.3. The van der Waals surface area contributed by atoms with Crippen LogP contribution in [0.25, 0.3) is 15.7 Å². The largest absolute Gasteiger partial charge is 0.348 e. The average Bonchev–Trinajstić information content (AvgIpc) is 3.20. The van der Waals surface area contributed by atoms with E-state index in [0.717, 1.165) is 15.8 Å². The summed E-state index contributed by atoms with van der Waals surface area (Å²) in [6.45, 7) is 1.80. The summed E-state index contributed by atoms with van der Waals surface area (Å²) in [7, 11) is 0. The number of amides is 1. The maximum absolute atomic E-state index is 12.6. The second-order valence-electron chi connectivity index (χ2n) is 5.86. The van der Waals surface area contributed by atoms with Gasteiger partial charge in [-0.25, -0.2) is 4.68 Å². The number of nitrogens with one attached hydrogen (secondary N) is 1. The van der Waals surface area contributed by atoms with Crippen molar-refractivity contribution in [3.05, 3.63) is 70.1 Å². The maximum Gasteiger partial charge on any atom is 0.291 e. The fourth-order valence-corrected chi connectivity index (χ4v) is 3.70. The minimum atomic E-state index is -0.270. The van der Waals surface area contributed by atoms with E-state index < -0.39 is 0 Å². The molecule has 1 atom stereocenters. The molecule has 4 rings (SSSR count). The van der Waals surface area contributed by atoms with Crippen molar-refractivity contribution >= 4 is 33.0 Å². The summed E-state index contributed by atoms with van der Waals surface area (Å²) in [4.78, 5) is 24.9. The van der Waals surface area contributed by atoms with Crippen LogP contribution in [0.4, 0.5) is 0 Å². The highest BCUT2D eigenvalue weighted by atomic mass is 32.1. The molecule has 0 radical (unpaired) electrons. The average molecular weight is 352 g/mol. The Kier molecular flexibility index (Phi) is 3.85. The number of carbonyl (C=O) groups excluding carboxylic acids is 1. The van der Waals surface area contributed by atoms with E-state index in [2.05, 4.69) is 10.4 Å². The van der Waals surface area contributed by atoms with Gasteiger partial charge < -0.3 is 5.32 Å². The molecule has 0 spiro atoms. The van der Waals surface area contributed by atoms with Crippen LogP contribution in [-0.2, 0) is 11.3 Å². The quantitative estimate of drug-likeness (QED) is 0.614. The molecule has 4 aromatic rings. The van der Waals surface area contributed by atoms with Crippen LogP contribution in [0, 0.1) is 0 Å². The number of fused-ring (bicyclic) bond motifs is 3. The van der Waals surface area contributed by atoms with Crippen LogP contribution in [0.1, 0.15) is 18.5 Å². The predicted octanol–water partition coefficient (Wildman–Crippen LogP) is 2.59. The van der Waals surface area contributed by atoms with Crippen molar-refractivity contribution < 1.29 is 4.79 Å². The molecule has 0 bridgehead atoms. The van der Waals surface area contributed by atoms with Crippen molar-refractivity contribution in [3.8, 4) is 0 Å². The fraction of sp³-hybridized carbons (Fsp3) is 0.167. The molecule has 6 nitrogen and oxygen atoms in total. The molecule has 1 aromatic carbocycles. The topological polar surface area (TPSA) is 68.4 Å². The molecular formula is C18H16N4O2S. The summed E-state index contributed by atoms with van der Waals surface area (Å²) in [5.41, 5.74) is 2.23. The van der Waals surface area contributed by atoms with E-state index in [1.165, 1.54) is 4.68 Å². The Labute approximate surface area is 147 Å². The molecule has 3 aromatic heterocycles. The molecule has 7 heteroatoms. The number of hydrogen-bond donors (Lipinski definition) is 1. The number of aromatic nitrogens is 3. The van der Waals surface area contributed by atoms with Gasteiger partial charge in [0.05, 0.1) is 16.3 Å². The Balaban J connectivity index is 1.57. The van der Waals surface area contributed by atoms with E-state index in [9.17, 15) is 9.59 Å². The van der Waals surface area contributed by atoms with Crippen molar-refractivity contribution in [1.82, 2.24) is 19.5 Å². The highest BCUT2D eigenvalue weighted by Gasteiger charge is 2.14. The lowest BCUT2D eigenvalue weighted by Gasteiger charge is -2.14. The first kappa shape index (κ1) is 15.6. The second kappa shape index (κ2) is 6.18. The van der Waals surface area contributed by atoms with E-state index in [1.54, 1.807) is 22.1 Å². The Morgan fingerprint density at radius 2 is 2.04 bits per heavy atom. The molecule has 3 heterocycles. The smallest absolute Gasteiger partial charge is 0.291 e. The van der Waals surface area contributed by atoms with E-state index in [-0.39, 0.29) is 24.1 Å². The molecule has 0 fully saturated rings. The lowest BCUT2D eigenvalue weighted by Crippen LogP contribution is -2.35. The zero-order valence-corrected chi connectivity index (χ0v) is 14.4. The fourth-order valence-electron chi connectivity index (χ4n) is 2.89. The zero-order chi connectivity index (χ0) is 17.4. The van der Waals surface area contributed by atoms with Gasteiger partial charge >= 0.3 is 0 Å². The SMILES string of the molecule is CC(NC(=O)Cn1ncn2c(cc3sccc32)c1=O)c1ccccc1. The molecule has 1 N–H and O–H groups in total. The van der Waals surface area contributed by atoms with E-state index in [4.69, 9.17) is 0 Å². The van der Waals surface area contributed by atoms with Crippen molar-refractivity contribution in [2.75, 3.05) is 0 Å². The first-order valence-electron chi connectivity index (χ1n) is 7.92. The van der Waals surface area contributed by atoms with Crippen molar-refractivity contribution in [2.45, 2.75) is 19.5 Å². The normalized spacial score (nSPS) is 12.5. The van der Waals surface area contributed by atoms with E-state index in [0.29, 0.717) is 5.52 Å². The van der Waals surface area contributed by atoms with Gasteiger partial charge in [0.15, 0.2) is 0 Å². The third-order valence-corrected chi connectivity index (χ3v) is 5.04. The predicted molar refractivity (Wildman–Crippen MR) is 97.8 cm³/mol. The van der Waals surface area contributed by atoms with Gasteiger partial charge in [-0.15, -0.1) is 11.3 Å². The monoisotopic (exact) mass is 352 g/mol. The molecule has 0 aliphatic rings. The van der Waals surface area contributed by atoms with Crippen LogP contribution in [0.15, 0.2) is 59.0 Å². The van der Waals surface area contributed by atoms with Gasteiger partial charge in [-0.1, -0.05) is 30.3 Å². The maximum atomic E-state index is 12.6. The third-order valence-electron chi connectivity index (χ3n) is 4.19. The van der Waals surface area contributed by atoms with Crippen LogP contribution in [-0.4, -0.2) is 20.1 Å². The van der Waals surface area contributed by atoms with Gasteiger partial charge in [0.1, 0.15) is 18.4 Å². The Morgan fingerprint density at radius 1 is 1.24 bits per heavy atom. The van der Waals surface area contributed by atoms with Crippen molar-refractivity contribution in [3.63, 3.8) is 0 Å². The summed E-state index contributed by atoms with van der Waals surface area (Å²) >= 11 is 1.57.